The van der Waals surface area contributed by atoms with Crippen molar-refractivity contribution in [1.82, 2.24) is 0 Å². The van der Waals surface area contributed by atoms with Crippen molar-refractivity contribution in [1.29, 1.82) is 0 Å². The molecule has 34 heavy (non-hydrogen) atoms. The number of unbranched alkanes of at least 4 members (excludes halogenated alkanes) is 1. The zero-order valence-corrected chi connectivity index (χ0v) is 24.3. The summed E-state index contributed by atoms with van der Waals surface area (Å²) < 4.78 is 0. The summed E-state index contributed by atoms with van der Waals surface area (Å²) in [6, 6.07) is 0.495. The van der Waals surface area contributed by atoms with Crippen molar-refractivity contribution in [3.63, 3.8) is 0 Å². The highest BCUT2D eigenvalue weighted by Gasteiger charge is 2.60. The van der Waals surface area contributed by atoms with Gasteiger partial charge in [0.15, 0.2) is 0 Å². The van der Waals surface area contributed by atoms with E-state index in [2.05, 4.69) is 53.7 Å². The minimum atomic E-state index is 0.495. The lowest BCUT2D eigenvalue weighted by molar-refractivity contribution is -0.116. The van der Waals surface area contributed by atoms with Gasteiger partial charge in [-0.05, 0) is 111 Å². The third-order valence-electron chi connectivity index (χ3n) is 10.6. The molecule has 0 saturated heterocycles. The topological polar surface area (TPSA) is 26.0 Å². The summed E-state index contributed by atoms with van der Waals surface area (Å²) >= 11 is 0. The van der Waals surface area contributed by atoms with Crippen LogP contribution >= 0.6 is 0 Å². The smallest absolute Gasteiger partial charge is 0.00834 e. The molecular weight excluding hydrogens is 410 g/mol. The summed E-state index contributed by atoms with van der Waals surface area (Å²) in [5.41, 5.74) is 7.63. The largest absolute Gasteiger partial charge is 0.328 e. The molecule has 0 amide bonds. The predicted molar refractivity (Wildman–Crippen MR) is 154 cm³/mol. The maximum atomic E-state index is 6.36. The summed E-state index contributed by atoms with van der Waals surface area (Å²) in [5, 5.41) is 0. The third-order valence-corrected chi connectivity index (χ3v) is 10.6. The van der Waals surface area contributed by atoms with Crippen molar-refractivity contribution >= 4 is 0 Å². The summed E-state index contributed by atoms with van der Waals surface area (Å²) in [6.45, 7) is 22.4. The monoisotopic (exact) mass is 471 g/mol. The Morgan fingerprint density at radius 2 is 1.53 bits per heavy atom. The van der Waals surface area contributed by atoms with Crippen LogP contribution in [0.25, 0.3) is 0 Å². The van der Waals surface area contributed by atoms with Crippen molar-refractivity contribution in [3.8, 4) is 12.3 Å². The highest BCUT2D eigenvalue weighted by atomic mass is 14.7. The van der Waals surface area contributed by atoms with Crippen LogP contribution in [0.4, 0.5) is 0 Å². The number of terminal acetylenes is 1. The van der Waals surface area contributed by atoms with Gasteiger partial charge in [-0.2, -0.15) is 0 Å². The lowest BCUT2D eigenvalue weighted by Crippen LogP contribution is -2.54. The van der Waals surface area contributed by atoms with E-state index in [0.29, 0.717) is 16.9 Å². The van der Waals surface area contributed by atoms with E-state index in [0.717, 1.165) is 48.3 Å². The highest BCUT2D eigenvalue weighted by Crippen LogP contribution is 2.68. The van der Waals surface area contributed by atoms with Crippen LogP contribution in [0.1, 0.15) is 132 Å². The van der Waals surface area contributed by atoms with Crippen molar-refractivity contribution < 1.29 is 0 Å². The van der Waals surface area contributed by atoms with Gasteiger partial charge in [0.2, 0.25) is 0 Å². The van der Waals surface area contributed by atoms with Gasteiger partial charge >= 0.3 is 0 Å². The van der Waals surface area contributed by atoms with Crippen molar-refractivity contribution in [2.45, 2.75) is 138 Å². The van der Waals surface area contributed by atoms with Crippen molar-refractivity contribution in [2.75, 3.05) is 0 Å². The lowest BCUT2D eigenvalue weighted by atomic mass is 9.44. The molecule has 0 aromatic rings. The van der Waals surface area contributed by atoms with Gasteiger partial charge in [-0.15, -0.1) is 25.5 Å². The molecule has 0 radical (unpaired) electrons. The molecule has 0 aromatic carbocycles. The lowest BCUT2D eigenvalue weighted by Gasteiger charge is -2.61. The van der Waals surface area contributed by atoms with Gasteiger partial charge in [0.05, 0.1) is 0 Å². The average molecular weight is 472 g/mol. The number of fused-ring (bicyclic) bond motifs is 5. The molecule has 0 aromatic heterocycles. The van der Waals surface area contributed by atoms with Gasteiger partial charge in [0, 0.05) is 12.5 Å². The van der Waals surface area contributed by atoms with E-state index < -0.39 is 0 Å². The maximum absolute atomic E-state index is 6.36. The van der Waals surface area contributed by atoms with Gasteiger partial charge in [-0.1, -0.05) is 61.3 Å². The summed E-state index contributed by atoms with van der Waals surface area (Å²) in [4.78, 5) is 0. The number of rotatable bonds is 4. The Balaban J connectivity index is 0.000000563. The Kier molecular flexibility index (Phi) is 13.6. The molecular formula is C33H61N. The van der Waals surface area contributed by atoms with E-state index in [9.17, 15) is 0 Å². The fourth-order valence-electron chi connectivity index (χ4n) is 9.07. The number of nitrogens with two attached hydrogens (primary N) is 1. The molecule has 0 aliphatic heterocycles. The average Bonchev–Trinajstić information content (AvgIpc) is 3.20. The Labute approximate surface area is 215 Å². The fourth-order valence-corrected chi connectivity index (χ4v) is 9.07. The van der Waals surface area contributed by atoms with Gasteiger partial charge < -0.3 is 5.73 Å². The quantitative estimate of drug-likeness (QED) is 0.320. The molecule has 0 bridgehead atoms. The van der Waals surface area contributed by atoms with E-state index in [4.69, 9.17) is 12.2 Å². The molecule has 4 fully saturated rings. The number of hydrogen-bond donors (Lipinski definition) is 1. The first kappa shape index (κ1) is 31.3. The van der Waals surface area contributed by atoms with Gasteiger partial charge in [0.25, 0.3) is 0 Å². The standard InChI is InChI=1S/C24H43N.C5H8.C2H6.C2H4/c1-5-6-16(2)20-9-10-21-19-8-7-17-15-18(25)11-13-23(17,3)22(19)12-14-24(20,21)4;1-3-5-4-2;2*1-2/h16-22H,5-15,25H2,1-4H3;1H,4-5H2,2H3;1-2H3;1-2H2. The van der Waals surface area contributed by atoms with Crippen LogP contribution < -0.4 is 5.73 Å². The van der Waals surface area contributed by atoms with Crippen LogP contribution in [-0.4, -0.2) is 6.04 Å². The molecule has 4 aliphatic carbocycles. The van der Waals surface area contributed by atoms with E-state index in [1.165, 1.54) is 70.6 Å². The summed E-state index contributed by atoms with van der Waals surface area (Å²) in [6.07, 6.45) is 22.8. The van der Waals surface area contributed by atoms with Gasteiger partial charge in [-0.25, -0.2) is 0 Å². The highest BCUT2D eigenvalue weighted by molar-refractivity contribution is 5.09. The molecule has 4 saturated carbocycles. The molecule has 1 nitrogen and oxygen atoms in total. The van der Waals surface area contributed by atoms with Crippen molar-refractivity contribution in [3.05, 3.63) is 13.2 Å². The molecule has 4 rings (SSSR count). The third kappa shape index (κ3) is 6.52. The molecule has 9 atom stereocenters. The molecule has 198 valence electrons. The van der Waals surface area contributed by atoms with Crippen LogP contribution in [0.3, 0.4) is 0 Å². The number of hydrogen-bond acceptors (Lipinski definition) is 1. The Hall–Kier alpha value is -0.740. The second kappa shape index (κ2) is 14.7. The second-order valence-electron chi connectivity index (χ2n) is 12.1. The molecule has 4 aliphatic rings. The Morgan fingerprint density at radius 3 is 2.09 bits per heavy atom. The summed E-state index contributed by atoms with van der Waals surface area (Å²) in [7, 11) is 0. The second-order valence-corrected chi connectivity index (χ2v) is 12.1. The van der Waals surface area contributed by atoms with E-state index in [-0.39, 0.29) is 0 Å². The van der Waals surface area contributed by atoms with Crippen LogP contribution in [0.2, 0.25) is 0 Å². The maximum Gasteiger partial charge on any atom is 0.00834 e. The zero-order valence-electron chi connectivity index (χ0n) is 24.3. The van der Waals surface area contributed by atoms with Gasteiger partial charge in [0.1, 0.15) is 0 Å². The van der Waals surface area contributed by atoms with Crippen LogP contribution in [0.5, 0.6) is 0 Å². The van der Waals surface area contributed by atoms with Crippen LogP contribution in [0.15, 0.2) is 13.2 Å². The minimum absolute atomic E-state index is 0.495. The Bertz CT molecular complexity index is 604. The first-order valence-corrected chi connectivity index (χ1v) is 15.0. The molecule has 9 unspecified atom stereocenters. The van der Waals surface area contributed by atoms with E-state index >= 15 is 0 Å². The predicted octanol–water partition coefficient (Wildman–Crippen LogP) is 9.66. The van der Waals surface area contributed by atoms with Crippen LogP contribution in [0, 0.1) is 58.7 Å². The van der Waals surface area contributed by atoms with Crippen molar-refractivity contribution in [2.24, 2.45) is 52.1 Å². The fraction of sp³-hybridized carbons (Fsp3) is 0.879. The minimum Gasteiger partial charge on any atom is -0.328 e. The first-order chi connectivity index (χ1) is 16.3. The van der Waals surface area contributed by atoms with Gasteiger partial charge in [-0.3, -0.25) is 0 Å². The van der Waals surface area contributed by atoms with E-state index in [1.807, 2.05) is 13.8 Å². The normalized spacial score (nSPS) is 40.7. The molecule has 0 spiro atoms. The molecule has 1 heteroatoms. The SMILES string of the molecule is C#CCCC.C=C.CC.CCCC(C)C1CCC2C3CCC4CC(N)CCC4(C)C3CCC12C. The van der Waals surface area contributed by atoms with Crippen LogP contribution in [-0.2, 0) is 0 Å². The molecule has 2 N–H and O–H groups in total. The zero-order chi connectivity index (χ0) is 25.9. The molecule has 0 heterocycles. The Morgan fingerprint density at radius 1 is 0.912 bits per heavy atom. The first-order valence-electron chi connectivity index (χ1n) is 15.0. The van der Waals surface area contributed by atoms with E-state index in [1.54, 1.807) is 0 Å². The summed E-state index contributed by atoms with van der Waals surface area (Å²) in [5.74, 6) is 8.47.